The van der Waals surface area contributed by atoms with Gasteiger partial charge in [-0.05, 0) is 38.0 Å². The summed E-state index contributed by atoms with van der Waals surface area (Å²) in [6.07, 6.45) is 5.60. The van der Waals surface area contributed by atoms with Crippen molar-refractivity contribution in [1.29, 1.82) is 0 Å². The van der Waals surface area contributed by atoms with E-state index in [1.165, 1.54) is 12.8 Å². The number of amides is 1. The molecular formula is C15H28N2O2. The molecule has 0 radical (unpaired) electrons. The summed E-state index contributed by atoms with van der Waals surface area (Å²) in [4.78, 5) is 14.2. The largest absolute Gasteiger partial charge is 0.449 e. The van der Waals surface area contributed by atoms with Gasteiger partial charge in [0.2, 0.25) is 0 Å². The van der Waals surface area contributed by atoms with Crippen molar-refractivity contribution in [3.05, 3.63) is 0 Å². The fourth-order valence-corrected chi connectivity index (χ4v) is 3.27. The van der Waals surface area contributed by atoms with Crippen molar-refractivity contribution in [2.45, 2.75) is 71.0 Å². The molecule has 2 atom stereocenters. The van der Waals surface area contributed by atoms with Gasteiger partial charge >= 0.3 is 6.09 Å². The van der Waals surface area contributed by atoms with Crippen LogP contribution in [0.3, 0.4) is 0 Å². The predicted molar refractivity (Wildman–Crippen MR) is 76.2 cm³/mol. The van der Waals surface area contributed by atoms with Crippen LogP contribution < -0.4 is 5.32 Å². The number of nitrogens with one attached hydrogen (secondary N) is 1. The second-order valence-electron chi connectivity index (χ2n) is 6.43. The molecule has 2 fully saturated rings. The first-order chi connectivity index (χ1) is 9.10. The Labute approximate surface area is 116 Å². The molecule has 0 aromatic rings. The van der Waals surface area contributed by atoms with Gasteiger partial charge in [0, 0.05) is 24.7 Å². The molecule has 2 rings (SSSR count). The number of nitrogens with zero attached hydrogens (tertiary/aromatic N) is 1. The Kier molecular flexibility index (Phi) is 5.08. The van der Waals surface area contributed by atoms with E-state index in [9.17, 15) is 4.79 Å². The summed E-state index contributed by atoms with van der Waals surface area (Å²) >= 11 is 0. The minimum absolute atomic E-state index is 0.109. The molecule has 4 nitrogen and oxygen atoms in total. The van der Waals surface area contributed by atoms with E-state index in [4.69, 9.17) is 4.74 Å². The Bertz CT molecular complexity index is 295. The Hall–Kier alpha value is -0.770. The number of hydrogen-bond donors (Lipinski definition) is 1. The summed E-state index contributed by atoms with van der Waals surface area (Å²) in [6.45, 7) is 7.61. The SMILES string of the molecule is CCCN(C(=O)OCC(C)C)C1CC2CCC(C1)N2. The number of fused-ring (bicyclic) bond motifs is 2. The highest BCUT2D eigenvalue weighted by Crippen LogP contribution is 2.30. The van der Waals surface area contributed by atoms with Gasteiger partial charge < -0.3 is 15.0 Å². The van der Waals surface area contributed by atoms with E-state index in [0.29, 0.717) is 30.7 Å². The average Bonchev–Trinajstić information content (AvgIpc) is 2.72. The van der Waals surface area contributed by atoms with Gasteiger partial charge in [0.1, 0.15) is 0 Å². The van der Waals surface area contributed by atoms with Gasteiger partial charge in [-0.1, -0.05) is 20.8 Å². The van der Waals surface area contributed by atoms with Gasteiger partial charge in [0.25, 0.3) is 0 Å². The van der Waals surface area contributed by atoms with Gasteiger partial charge in [0.15, 0.2) is 0 Å². The van der Waals surface area contributed by atoms with E-state index >= 15 is 0 Å². The molecule has 2 unspecified atom stereocenters. The highest BCUT2D eigenvalue weighted by molar-refractivity contribution is 5.68. The zero-order valence-corrected chi connectivity index (χ0v) is 12.5. The van der Waals surface area contributed by atoms with Crippen LogP contribution in [0.4, 0.5) is 4.79 Å². The van der Waals surface area contributed by atoms with Crippen LogP contribution in [-0.2, 0) is 4.74 Å². The maximum Gasteiger partial charge on any atom is 0.410 e. The molecule has 110 valence electrons. The van der Waals surface area contributed by atoms with E-state index in [-0.39, 0.29) is 6.09 Å². The fourth-order valence-electron chi connectivity index (χ4n) is 3.27. The zero-order valence-electron chi connectivity index (χ0n) is 12.5. The van der Waals surface area contributed by atoms with Crippen molar-refractivity contribution >= 4 is 6.09 Å². The molecule has 1 N–H and O–H groups in total. The quantitative estimate of drug-likeness (QED) is 0.833. The molecule has 19 heavy (non-hydrogen) atoms. The summed E-state index contributed by atoms with van der Waals surface area (Å²) in [5, 5.41) is 3.63. The first-order valence-corrected chi connectivity index (χ1v) is 7.79. The van der Waals surface area contributed by atoms with E-state index < -0.39 is 0 Å². The van der Waals surface area contributed by atoms with Crippen molar-refractivity contribution in [3.63, 3.8) is 0 Å². The van der Waals surface area contributed by atoms with Crippen molar-refractivity contribution in [2.75, 3.05) is 13.2 Å². The van der Waals surface area contributed by atoms with Crippen molar-refractivity contribution < 1.29 is 9.53 Å². The van der Waals surface area contributed by atoms with Crippen LogP contribution in [0.25, 0.3) is 0 Å². The highest BCUT2D eigenvalue weighted by atomic mass is 16.6. The summed E-state index contributed by atoms with van der Waals surface area (Å²) < 4.78 is 5.43. The van der Waals surface area contributed by atoms with E-state index in [2.05, 4.69) is 26.1 Å². The number of hydrogen-bond acceptors (Lipinski definition) is 3. The maximum atomic E-state index is 12.3. The smallest absolute Gasteiger partial charge is 0.410 e. The molecule has 0 aromatic carbocycles. The van der Waals surface area contributed by atoms with E-state index in [0.717, 1.165) is 25.8 Å². The molecular weight excluding hydrogens is 240 g/mol. The second kappa shape index (κ2) is 6.60. The molecule has 0 saturated carbocycles. The highest BCUT2D eigenvalue weighted by Gasteiger charge is 2.37. The Balaban J connectivity index is 1.92. The summed E-state index contributed by atoms with van der Waals surface area (Å²) in [5.41, 5.74) is 0. The molecule has 2 aliphatic heterocycles. The van der Waals surface area contributed by atoms with Gasteiger partial charge in [-0.3, -0.25) is 0 Å². The van der Waals surface area contributed by atoms with Crippen molar-refractivity contribution in [1.82, 2.24) is 10.2 Å². The Morgan fingerprint density at radius 3 is 2.47 bits per heavy atom. The summed E-state index contributed by atoms with van der Waals surface area (Å²) in [7, 11) is 0. The van der Waals surface area contributed by atoms with E-state index in [1.807, 2.05) is 4.90 Å². The molecule has 0 spiro atoms. The summed E-state index contributed by atoms with van der Waals surface area (Å²) in [5.74, 6) is 0.400. The number of rotatable bonds is 5. The third kappa shape index (κ3) is 3.85. The monoisotopic (exact) mass is 268 g/mol. The molecule has 4 heteroatoms. The molecule has 2 heterocycles. The minimum atomic E-state index is -0.109. The van der Waals surface area contributed by atoms with Crippen molar-refractivity contribution in [2.24, 2.45) is 5.92 Å². The van der Waals surface area contributed by atoms with Crippen LogP contribution >= 0.6 is 0 Å². The van der Waals surface area contributed by atoms with Crippen LogP contribution in [0.5, 0.6) is 0 Å². The van der Waals surface area contributed by atoms with Crippen LogP contribution in [-0.4, -0.2) is 42.3 Å². The van der Waals surface area contributed by atoms with Gasteiger partial charge in [0.05, 0.1) is 6.61 Å². The molecule has 0 aliphatic carbocycles. The lowest BCUT2D eigenvalue weighted by atomic mass is 9.98. The molecule has 2 saturated heterocycles. The topological polar surface area (TPSA) is 41.6 Å². The van der Waals surface area contributed by atoms with Crippen molar-refractivity contribution in [3.8, 4) is 0 Å². The normalized spacial score (nSPS) is 29.6. The fraction of sp³-hybridized carbons (Fsp3) is 0.933. The lowest BCUT2D eigenvalue weighted by Crippen LogP contribution is -2.50. The average molecular weight is 268 g/mol. The number of piperidine rings is 1. The third-order valence-corrected chi connectivity index (χ3v) is 4.13. The first kappa shape index (κ1) is 14.6. The van der Waals surface area contributed by atoms with Crippen LogP contribution in [0, 0.1) is 5.92 Å². The zero-order chi connectivity index (χ0) is 13.8. The van der Waals surface area contributed by atoms with E-state index in [1.54, 1.807) is 0 Å². The number of carbonyl (C=O) groups excluding carboxylic acids is 1. The standard InChI is InChI=1S/C15H28N2O2/c1-4-7-17(15(18)19-10-11(2)3)14-8-12-5-6-13(9-14)16-12/h11-14,16H,4-10H2,1-3H3. The lowest BCUT2D eigenvalue weighted by molar-refractivity contribution is 0.0659. The minimum Gasteiger partial charge on any atom is -0.449 e. The van der Waals surface area contributed by atoms with Gasteiger partial charge in [-0.15, -0.1) is 0 Å². The molecule has 1 amide bonds. The second-order valence-corrected chi connectivity index (χ2v) is 6.43. The first-order valence-electron chi connectivity index (χ1n) is 7.79. The van der Waals surface area contributed by atoms with Gasteiger partial charge in [-0.25, -0.2) is 4.79 Å². The number of ether oxygens (including phenoxy) is 1. The Morgan fingerprint density at radius 2 is 1.95 bits per heavy atom. The van der Waals surface area contributed by atoms with Crippen LogP contribution in [0.15, 0.2) is 0 Å². The predicted octanol–water partition coefficient (Wildman–Crippen LogP) is 2.77. The third-order valence-electron chi connectivity index (χ3n) is 4.13. The molecule has 2 aliphatic rings. The summed E-state index contributed by atoms with van der Waals surface area (Å²) in [6, 6.07) is 1.60. The number of carbonyl (C=O) groups is 1. The maximum absolute atomic E-state index is 12.3. The molecule has 0 aromatic heterocycles. The van der Waals surface area contributed by atoms with Gasteiger partial charge in [-0.2, -0.15) is 0 Å². The Morgan fingerprint density at radius 1 is 1.32 bits per heavy atom. The van der Waals surface area contributed by atoms with Crippen LogP contribution in [0.2, 0.25) is 0 Å². The lowest BCUT2D eigenvalue weighted by Gasteiger charge is -2.37. The van der Waals surface area contributed by atoms with Crippen LogP contribution in [0.1, 0.15) is 52.9 Å². The molecule has 2 bridgehead atoms.